The second-order valence-electron chi connectivity index (χ2n) is 4.34. The quantitative estimate of drug-likeness (QED) is 0.682. The van der Waals surface area contributed by atoms with Crippen molar-refractivity contribution in [1.82, 2.24) is 5.32 Å². The Labute approximate surface area is 76.9 Å². The van der Waals surface area contributed by atoms with E-state index in [1.165, 1.54) is 45.2 Å². The van der Waals surface area contributed by atoms with Crippen LogP contribution in [0.25, 0.3) is 0 Å². The monoisotopic (exact) mass is 169 g/mol. The fourth-order valence-electron chi connectivity index (χ4n) is 2.30. The molecule has 2 atom stereocenters. The highest BCUT2D eigenvalue weighted by molar-refractivity contribution is 4.70. The van der Waals surface area contributed by atoms with Gasteiger partial charge in [-0.1, -0.05) is 26.7 Å². The van der Waals surface area contributed by atoms with Crippen LogP contribution in [0.15, 0.2) is 0 Å². The molecule has 0 radical (unpaired) electrons. The molecule has 1 heterocycles. The number of hydrogen-bond donors (Lipinski definition) is 1. The van der Waals surface area contributed by atoms with Gasteiger partial charge in [0.05, 0.1) is 0 Å². The number of hydrogen-bond acceptors (Lipinski definition) is 1. The van der Waals surface area contributed by atoms with Crippen molar-refractivity contribution in [3.63, 3.8) is 0 Å². The van der Waals surface area contributed by atoms with Crippen LogP contribution in [0.2, 0.25) is 0 Å². The standard InChI is InChI=1S/C11H23N/c1-3-5-10(2)8-11-6-4-7-12-9-11/h10-12H,3-9H2,1-2H3/t10?,11-/m0/s1. The minimum Gasteiger partial charge on any atom is -0.316 e. The fourth-order valence-corrected chi connectivity index (χ4v) is 2.30. The van der Waals surface area contributed by atoms with Gasteiger partial charge < -0.3 is 5.32 Å². The lowest BCUT2D eigenvalue weighted by Crippen LogP contribution is -2.30. The van der Waals surface area contributed by atoms with E-state index in [-0.39, 0.29) is 0 Å². The van der Waals surface area contributed by atoms with Crippen molar-refractivity contribution in [3.8, 4) is 0 Å². The first-order valence-electron chi connectivity index (χ1n) is 5.53. The van der Waals surface area contributed by atoms with E-state index in [0.717, 1.165) is 11.8 Å². The van der Waals surface area contributed by atoms with Gasteiger partial charge in [-0.2, -0.15) is 0 Å². The predicted molar refractivity (Wildman–Crippen MR) is 54.3 cm³/mol. The maximum Gasteiger partial charge on any atom is -0.00204 e. The molecule has 0 aromatic rings. The highest BCUT2D eigenvalue weighted by Crippen LogP contribution is 2.21. The molecule has 1 N–H and O–H groups in total. The van der Waals surface area contributed by atoms with Gasteiger partial charge in [0, 0.05) is 0 Å². The van der Waals surface area contributed by atoms with E-state index >= 15 is 0 Å². The van der Waals surface area contributed by atoms with Crippen LogP contribution in [0.4, 0.5) is 0 Å². The Bertz CT molecular complexity index is 106. The zero-order valence-corrected chi connectivity index (χ0v) is 8.60. The predicted octanol–water partition coefficient (Wildman–Crippen LogP) is 2.81. The normalized spacial score (nSPS) is 27.0. The first-order valence-corrected chi connectivity index (χ1v) is 5.53. The largest absolute Gasteiger partial charge is 0.316 e. The van der Waals surface area contributed by atoms with Crippen LogP contribution in [0, 0.1) is 11.8 Å². The van der Waals surface area contributed by atoms with Crippen LogP contribution < -0.4 is 5.32 Å². The van der Waals surface area contributed by atoms with E-state index in [0.29, 0.717) is 0 Å². The van der Waals surface area contributed by atoms with Crippen molar-refractivity contribution in [2.75, 3.05) is 13.1 Å². The summed E-state index contributed by atoms with van der Waals surface area (Å²) in [4.78, 5) is 0. The van der Waals surface area contributed by atoms with Gasteiger partial charge in [0.15, 0.2) is 0 Å². The summed E-state index contributed by atoms with van der Waals surface area (Å²) < 4.78 is 0. The third-order valence-corrected chi connectivity index (χ3v) is 2.92. The van der Waals surface area contributed by atoms with Gasteiger partial charge in [0.1, 0.15) is 0 Å². The molecule has 1 nitrogen and oxygen atoms in total. The Morgan fingerprint density at radius 1 is 1.50 bits per heavy atom. The lowest BCUT2D eigenvalue weighted by molar-refractivity contribution is 0.303. The average molecular weight is 169 g/mol. The SMILES string of the molecule is CCCC(C)C[C@@H]1CCCNC1. The molecule has 72 valence electrons. The zero-order valence-electron chi connectivity index (χ0n) is 8.60. The molecule has 0 saturated carbocycles. The molecular formula is C11H23N. The molecule has 0 spiro atoms. The van der Waals surface area contributed by atoms with Crippen molar-refractivity contribution in [2.24, 2.45) is 11.8 Å². The summed E-state index contributed by atoms with van der Waals surface area (Å²) in [5.74, 6) is 1.92. The van der Waals surface area contributed by atoms with Crippen LogP contribution in [-0.4, -0.2) is 13.1 Å². The molecule has 1 aliphatic rings. The third-order valence-electron chi connectivity index (χ3n) is 2.92. The molecule has 0 bridgehead atoms. The Hall–Kier alpha value is -0.0400. The molecule has 1 rings (SSSR count). The number of piperidine rings is 1. The average Bonchev–Trinajstić information content (AvgIpc) is 2.06. The first-order chi connectivity index (χ1) is 5.83. The molecule has 0 aliphatic carbocycles. The van der Waals surface area contributed by atoms with Crippen molar-refractivity contribution in [1.29, 1.82) is 0 Å². The Balaban J connectivity index is 2.11. The van der Waals surface area contributed by atoms with Crippen molar-refractivity contribution in [3.05, 3.63) is 0 Å². The van der Waals surface area contributed by atoms with E-state index < -0.39 is 0 Å². The molecule has 0 amide bonds. The molecule has 1 heteroatoms. The molecule has 1 fully saturated rings. The van der Waals surface area contributed by atoms with Crippen molar-refractivity contribution in [2.45, 2.75) is 46.0 Å². The van der Waals surface area contributed by atoms with Crippen molar-refractivity contribution >= 4 is 0 Å². The number of nitrogens with one attached hydrogen (secondary N) is 1. The van der Waals surface area contributed by atoms with E-state index in [9.17, 15) is 0 Å². The first kappa shape index (κ1) is 10.0. The van der Waals surface area contributed by atoms with E-state index in [1.54, 1.807) is 0 Å². The van der Waals surface area contributed by atoms with Crippen LogP contribution in [0.5, 0.6) is 0 Å². The molecule has 1 saturated heterocycles. The Morgan fingerprint density at radius 3 is 2.92 bits per heavy atom. The summed E-state index contributed by atoms with van der Waals surface area (Å²) in [5.41, 5.74) is 0. The number of rotatable bonds is 4. The zero-order chi connectivity index (χ0) is 8.81. The van der Waals surface area contributed by atoms with Crippen molar-refractivity contribution < 1.29 is 0 Å². The summed E-state index contributed by atoms with van der Waals surface area (Å²) in [5, 5.41) is 3.48. The summed E-state index contributed by atoms with van der Waals surface area (Å²) in [6, 6.07) is 0. The van der Waals surface area contributed by atoms with Crippen LogP contribution in [0.1, 0.15) is 46.0 Å². The van der Waals surface area contributed by atoms with Gasteiger partial charge in [-0.25, -0.2) is 0 Å². The summed E-state index contributed by atoms with van der Waals surface area (Å²) in [6.45, 7) is 7.21. The van der Waals surface area contributed by atoms with Gasteiger partial charge in [-0.15, -0.1) is 0 Å². The highest BCUT2D eigenvalue weighted by Gasteiger charge is 2.15. The maximum absolute atomic E-state index is 3.48. The van der Waals surface area contributed by atoms with E-state index in [2.05, 4.69) is 19.2 Å². The third kappa shape index (κ3) is 3.57. The molecule has 1 unspecified atom stereocenters. The van der Waals surface area contributed by atoms with Crippen LogP contribution in [0.3, 0.4) is 0 Å². The Morgan fingerprint density at radius 2 is 2.33 bits per heavy atom. The molecule has 12 heavy (non-hydrogen) atoms. The second kappa shape index (κ2) is 5.58. The van der Waals surface area contributed by atoms with E-state index in [1.807, 2.05) is 0 Å². The van der Waals surface area contributed by atoms with Crippen LogP contribution >= 0.6 is 0 Å². The summed E-state index contributed by atoms with van der Waals surface area (Å²) in [6.07, 6.45) is 7.06. The van der Waals surface area contributed by atoms with Crippen LogP contribution in [-0.2, 0) is 0 Å². The smallest absolute Gasteiger partial charge is 0.00204 e. The molecular weight excluding hydrogens is 146 g/mol. The summed E-state index contributed by atoms with van der Waals surface area (Å²) >= 11 is 0. The highest BCUT2D eigenvalue weighted by atomic mass is 14.9. The second-order valence-corrected chi connectivity index (χ2v) is 4.34. The molecule has 1 aliphatic heterocycles. The molecule has 0 aromatic heterocycles. The maximum atomic E-state index is 3.48. The van der Waals surface area contributed by atoms with Gasteiger partial charge >= 0.3 is 0 Å². The van der Waals surface area contributed by atoms with Gasteiger partial charge in [-0.05, 0) is 44.2 Å². The minimum atomic E-state index is 0.944. The minimum absolute atomic E-state index is 0.944. The van der Waals surface area contributed by atoms with E-state index in [4.69, 9.17) is 0 Å². The van der Waals surface area contributed by atoms with Gasteiger partial charge in [0.2, 0.25) is 0 Å². The Kier molecular flexibility index (Phi) is 4.67. The van der Waals surface area contributed by atoms with Gasteiger partial charge in [-0.3, -0.25) is 0 Å². The summed E-state index contributed by atoms with van der Waals surface area (Å²) in [7, 11) is 0. The van der Waals surface area contributed by atoms with Gasteiger partial charge in [0.25, 0.3) is 0 Å². The topological polar surface area (TPSA) is 12.0 Å². The lowest BCUT2D eigenvalue weighted by atomic mass is 9.88. The fraction of sp³-hybridized carbons (Fsp3) is 1.00. The molecule has 0 aromatic carbocycles. The lowest BCUT2D eigenvalue weighted by Gasteiger charge is -2.25.